The van der Waals surface area contributed by atoms with Crippen molar-refractivity contribution in [1.29, 1.82) is 0 Å². The highest BCUT2D eigenvalue weighted by molar-refractivity contribution is 7.07. The summed E-state index contributed by atoms with van der Waals surface area (Å²) in [7, 11) is 1.63. The van der Waals surface area contributed by atoms with E-state index in [2.05, 4.69) is 0 Å². The Balaban J connectivity index is 2.04. The molecule has 27 heavy (non-hydrogen) atoms. The van der Waals surface area contributed by atoms with Gasteiger partial charge in [0.2, 0.25) is 0 Å². The number of furan rings is 1. The molecule has 0 bridgehead atoms. The topological polar surface area (TPSA) is 52.2 Å². The first-order valence-corrected chi connectivity index (χ1v) is 9.27. The summed E-state index contributed by atoms with van der Waals surface area (Å²) in [6.07, 6.45) is 3.10. The standard InChI is InChI=1S/C21H20FNO3S/c1-21(2,3)18(24)12-19-23(4)20(25)17(27-19)11-13-9-10-16(26-13)14-7-5-6-8-15(14)22/h5-12H,1-4H3/b17-11+,19-12-. The van der Waals surface area contributed by atoms with E-state index in [1.54, 1.807) is 43.5 Å². The zero-order valence-electron chi connectivity index (χ0n) is 15.6. The molecule has 2 heterocycles. The number of benzene rings is 1. The van der Waals surface area contributed by atoms with E-state index in [0.29, 0.717) is 26.3 Å². The maximum atomic E-state index is 13.9. The zero-order valence-corrected chi connectivity index (χ0v) is 16.4. The van der Waals surface area contributed by atoms with Gasteiger partial charge in [-0.05, 0) is 24.3 Å². The van der Waals surface area contributed by atoms with Crippen molar-refractivity contribution < 1.29 is 13.6 Å². The summed E-state index contributed by atoms with van der Waals surface area (Å²) < 4.78 is 22.0. The van der Waals surface area contributed by atoms with Crippen LogP contribution in [-0.2, 0) is 11.8 Å². The number of carbonyl (C=O) groups excluding carboxylic acids is 1. The fourth-order valence-electron chi connectivity index (χ4n) is 2.40. The Hall–Kier alpha value is -2.73. The summed E-state index contributed by atoms with van der Waals surface area (Å²) in [5, 5.41) is 0. The average molecular weight is 385 g/mol. The average Bonchev–Trinajstić information content (AvgIpc) is 3.16. The van der Waals surface area contributed by atoms with E-state index in [1.807, 2.05) is 20.8 Å². The molecule has 0 amide bonds. The van der Waals surface area contributed by atoms with Gasteiger partial charge in [-0.1, -0.05) is 32.9 Å². The number of ketones is 1. The highest BCUT2D eigenvalue weighted by atomic mass is 32.1. The smallest absolute Gasteiger partial charge is 0.268 e. The maximum absolute atomic E-state index is 13.9. The van der Waals surface area contributed by atoms with Crippen LogP contribution in [0.15, 0.2) is 45.6 Å². The second-order valence-corrected chi connectivity index (χ2v) is 8.32. The molecule has 0 aliphatic rings. The molecular weight excluding hydrogens is 365 g/mol. The van der Waals surface area contributed by atoms with Gasteiger partial charge in [-0.15, -0.1) is 11.3 Å². The monoisotopic (exact) mass is 385 g/mol. The third-order valence-corrected chi connectivity index (χ3v) is 5.21. The van der Waals surface area contributed by atoms with E-state index in [9.17, 15) is 14.0 Å². The molecule has 0 aliphatic carbocycles. The van der Waals surface area contributed by atoms with Gasteiger partial charge in [0.1, 0.15) is 22.0 Å². The Morgan fingerprint density at radius 2 is 1.89 bits per heavy atom. The first-order valence-electron chi connectivity index (χ1n) is 8.45. The number of hydrogen-bond donors (Lipinski definition) is 0. The SMILES string of the molecule is Cn1c(=O)/c(=C\c2ccc(-c3ccccc3F)o2)s/c1=C\C(=O)C(C)(C)C. The number of rotatable bonds is 3. The predicted molar refractivity (Wildman–Crippen MR) is 105 cm³/mol. The van der Waals surface area contributed by atoms with Crippen molar-refractivity contribution in [2.45, 2.75) is 20.8 Å². The van der Waals surface area contributed by atoms with Crippen LogP contribution < -0.4 is 14.8 Å². The van der Waals surface area contributed by atoms with E-state index < -0.39 is 5.41 Å². The molecule has 2 aromatic heterocycles. The molecule has 140 valence electrons. The first kappa shape index (κ1) is 19.0. The van der Waals surface area contributed by atoms with E-state index in [0.717, 1.165) is 0 Å². The molecule has 4 nitrogen and oxygen atoms in total. The van der Waals surface area contributed by atoms with Crippen molar-refractivity contribution in [3.63, 3.8) is 0 Å². The lowest BCUT2D eigenvalue weighted by atomic mass is 9.91. The van der Waals surface area contributed by atoms with Crippen LogP contribution in [0, 0.1) is 11.2 Å². The van der Waals surface area contributed by atoms with Crippen LogP contribution in [-0.4, -0.2) is 10.4 Å². The summed E-state index contributed by atoms with van der Waals surface area (Å²) in [5.41, 5.74) is -0.364. The Labute approximate surface area is 159 Å². The van der Waals surface area contributed by atoms with Gasteiger partial charge < -0.3 is 8.98 Å². The van der Waals surface area contributed by atoms with Crippen LogP contribution in [0.1, 0.15) is 26.5 Å². The second kappa shape index (κ2) is 7.12. The molecule has 0 radical (unpaired) electrons. The van der Waals surface area contributed by atoms with Crippen molar-refractivity contribution in [3.05, 3.63) is 67.5 Å². The number of aromatic nitrogens is 1. The van der Waals surface area contributed by atoms with Crippen molar-refractivity contribution in [3.8, 4) is 11.3 Å². The maximum Gasteiger partial charge on any atom is 0.268 e. The minimum absolute atomic E-state index is 0.0502. The summed E-state index contributed by atoms with van der Waals surface area (Å²) in [4.78, 5) is 24.7. The van der Waals surface area contributed by atoms with Gasteiger partial charge in [-0.3, -0.25) is 9.59 Å². The minimum Gasteiger partial charge on any atom is -0.457 e. The summed E-state index contributed by atoms with van der Waals surface area (Å²) in [6.45, 7) is 5.49. The Kier molecular flexibility index (Phi) is 5.02. The molecule has 3 aromatic rings. The molecule has 0 aliphatic heterocycles. The zero-order chi connectivity index (χ0) is 19.8. The lowest BCUT2D eigenvalue weighted by Crippen LogP contribution is -2.29. The van der Waals surface area contributed by atoms with Crippen molar-refractivity contribution in [2.75, 3.05) is 0 Å². The van der Waals surface area contributed by atoms with E-state index in [-0.39, 0.29) is 17.2 Å². The first-order chi connectivity index (χ1) is 12.7. The number of carbonyl (C=O) groups is 1. The third kappa shape index (κ3) is 4.01. The van der Waals surface area contributed by atoms with Crippen LogP contribution >= 0.6 is 11.3 Å². The van der Waals surface area contributed by atoms with Crippen LogP contribution in [0.2, 0.25) is 0 Å². The summed E-state index contributed by atoms with van der Waals surface area (Å²) in [6, 6.07) is 9.69. The molecule has 0 atom stereocenters. The molecule has 3 rings (SSSR count). The Morgan fingerprint density at radius 3 is 2.56 bits per heavy atom. The van der Waals surface area contributed by atoms with Crippen molar-refractivity contribution in [1.82, 2.24) is 4.57 Å². The van der Waals surface area contributed by atoms with Gasteiger partial charge in [0, 0.05) is 24.6 Å². The van der Waals surface area contributed by atoms with Gasteiger partial charge in [-0.25, -0.2) is 4.39 Å². The van der Waals surface area contributed by atoms with Crippen molar-refractivity contribution in [2.24, 2.45) is 12.5 Å². The Morgan fingerprint density at radius 1 is 1.19 bits per heavy atom. The van der Waals surface area contributed by atoms with Gasteiger partial charge in [0.05, 0.1) is 10.1 Å². The minimum atomic E-state index is -0.514. The number of nitrogens with zero attached hydrogens (tertiary/aromatic N) is 1. The highest BCUT2D eigenvalue weighted by Gasteiger charge is 2.19. The fraction of sp³-hybridized carbons (Fsp3) is 0.238. The highest BCUT2D eigenvalue weighted by Crippen LogP contribution is 2.24. The van der Waals surface area contributed by atoms with Crippen LogP contribution in [0.4, 0.5) is 4.39 Å². The second-order valence-electron chi connectivity index (χ2n) is 7.25. The van der Waals surface area contributed by atoms with Crippen LogP contribution in [0.25, 0.3) is 23.5 Å². The molecule has 6 heteroatoms. The molecule has 0 saturated heterocycles. The van der Waals surface area contributed by atoms with Crippen molar-refractivity contribution >= 4 is 29.3 Å². The quantitative estimate of drug-likeness (QED) is 0.696. The molecule has 0 unspecified atom stereocenters. The van der Waals surface area contributed by atoms with E-state index in [1.165, 1.54) is 28.0 Å². The molecule has 0 fully saturated rings. The molecule has 0 saturated carbocycles. The van der Waals surface area contributed by atoms with Gasteiger partial charge in [0.15, 0.2) is 5.78 Å². The van der Waals surface area contributed by atoms with Gasteiger partial charge >= 0.3 is 0 Å². The summed E-state index contributed by atoms with van der Waals surface area (Å²) in [5.74, 6) is 0.414. The fourth-order valence-corrected chi connectivity index (χ4v) is 3.41. The number of halogens is 1. The number of Topliss-reactive ketones (excluding diaryl/α,β-unsaturated/α-hetero) is 1. The Bertz CT molecular complexity index is 1180. The number of hydrogen-bond acceptors (Lipinski definition) is 4. The molecule has 1 aromatic carbocycles. The largest absolute Gasteiger partial charge is 0.457 e. The van der Waals surface area contributed by atoms with Crippen LogP contribution in [0.5, 0.6) is 0 Å². The number of thiazole rings is 1. The summed E-state index contributed by atoms with van der Waals surface area (Å²) >= 11 is 1.22. The molecule has 0 spiro atoms. The van der Waals surface area contributed by atoms with Gasteiger partial charge in [-0.2, -0.15) is 0 Å². The predicted octanol–water partition coefficient (Wildman–Crippen LogP) is 3.07. The third-order valence-electron chi connectivity index (χ3n) is 4.09. The molecule has 0 N–H and O–H groups in total. The lowest BCUT2D eigenvalue weighted by molar-refractivity contribution is -0.120. The van der Waals surface area contributed by atoms with Crippen LogP contribution in [0.3, 0.4) is 0 Å². The van der Waals surface area contributed by atoms with E-state index in [4.69, 9.17) is 4.42 Å². The lowest BCUT2D eigenvalue weighted by Gasteiger charge is -2.12. The normalized spacial score (nSPS) is 13.4. The molecular formula is C21H20FNO3S. The van der Waals surface area contributed by atoms with Gasteiger partial charge in [0.25, 0.3) is 5.56 Å². The van der Waals surface area contributed by atoms with E-state index >= 15 is 0 Å².